The van der Waals surface area contributed by atoms with Gasteiger partial charge in [-0.15, -0.1) is 0 Å². The van der Waals surface area contributed by atoms with E-state index in [9.17, 15) is 9.18 Å². The Hall–Kier alpha value is -1.86. The monoisotopic (exact) mass is 247 g/mol. The van der Waals surface area contributed by atoms with Gasteiger partial charge in [-0.1, -0.05) is 0 Å². The molecule has 0 spiro atoms. The van der Waals surface area contributed by atoms with Gasteiger partial charge in [-0.05, 0) is 36.6 Å². The third kappa shape index (κ3) is 3.08. The molecular formula is C14H14FNO2. The van der Waals surface area contributed by atoms with Crippen molar-refractivity contribution in [2.75, 3.05) is 26.3 Å². The minimum absolute atomic E-state index is 0.287. The SMILES string of the molecule is Cc1cc(C(=O)C#CN2CCOCC2)ccc1F. The Bertz CT molecular complexity index is 510. The van der Waals surface area contributed by atoms with E-state index < -0.39 is 0 Å². The Morgan fingerprint density at radius 3 is 2.78 bits per heavy atom. The highest BCUT2D eigenvalue weighted by Gasteiger charge is 2.08. The van der Waals surface area contributed by atoms with Crippen LogP contribution < -0.4 is 0 Å². The second-order valence-electron chi connectivity index (χ2n) is 4.13. The average molecular weight is 247 g/mol. The van der Waals surface area contributed by atoms with Gasteiger partial charge in [0.25, 0.3) is 0 Å². The molecule has 0 aliphatic carbocycles. The fraction of sp³-hybridized carbons (Fsp3) is 0.357. The third-order valence-corrected chi connectivity index (χ3v) is 2.76. The van der Waals surface area contributed by atoms with Gasteiger partial charge in [0.15, 0.2) is 0 Å². The molecule has 1 saturated heterocycles. The van der Waals surface area contributed by atoms with Gasteiger partial charge in [0, 0.05) is 24.7 Å². The van der Waals surface area contributed by atoms with Gasteiger partial charge in [0.2, 0.25) is 5.78 Å². The standard InChI is InChI=1S/C14H14FNO2/c1-11-10-12(2-3-13(11)15)14(17)4-5-16-6-8-18-9-7-16/h2-3,10H,6-9H2,1H3. The summed E-state index contributed by atoms with van der Waals surface area (Å²) in [4.78, 5) is 13.7. The molecule has 1 aromatic rings. The highest BCUT2D eigenvalue weighted by Crippen LogP contribution is 2.09. The third-order valence-electron chi connectivity index (χ3n) is 2.76. The maximum Gasteiger partial charge on any atom is 0.237 e. The molecule has 0 saturated carbocycles. The van der Waals surface area contributed by atoms with E-state index in [0.29, 0.717) is 37.4 Å². The highest BCUT2D eigenvalue weighted by molar-refractivity contribution is 6.09. The maximum atomic E-state index is 13.1. The van der Waals surface area contributed by atoms with Gasteiger partial charge in [0.05, 0.1) is 13.2 Å². The molecule has 3 nitrogen and oxygen atoms in total. The fourth-order valence-electron chi connectivity index (χ4n) is 1.66. The topological polar surface area (TPSA) is 29.5 Å². The molecule has 1 aliphatic heterocycles. The van der Waals surface area contributed by atoms with Crippen molar-refractivity contribution in [1.82, 2.24) is 4.90 Å². The first-order valence-electron chi connectivity index (χ1n) is 5.81. The Morgan fingerprint density at radius 1 is 1.39 bits per heavy atom. The van der Waals surface area contributed by atoms with Gasteiger partial charge in [0.1, 0.15) is 5.82 Å². The van der Waals surface area contributed by atoms with Crippen molar-refractivity contribution in [3.05, 3.63) is 35.1 Å². The molecule has 1 aromatic carbocycles. The van der Waals surface area contributed by atoms with E-state index in [1.807, 2.05) is 4.90 Å². The number of hydrogen-bond donors (Lipinski definition) is 0. The number of benzene rings is 1. The zero-order valence-electron chi connectivity index (χ0n) is 10.2. The first-order valence-corrected chi connectivity index (χ1v) is 5.81. The normalized spacial score (nSPS) is 14.9. The number of morpholine rings is 1. The lowest BCUT2D eigenvalue weighted by Gasteiger charge is -2.22. The summed E-state index contributed by atoms with van der Waals surface area (Å²) in [5, 5.41) is 0. The summed E-state index contributed by atoms with van der Waals surface area (Å²) in [6.07, 6.45) is 0. The molecule has 0 N–H and O–H groups in total. The van der Waals surface area contributed by atoms with Crippen LogP contribution in [0.5, 0.6) is 0 Å². The Balaban J connectivity index is 2.07. The summed E-state index contributed by atoms with van der Waals surface area (Å²) >= 11 is 0. The van der Waals surface area contributed by atoms with E-state index in [0.717, 1.165) is 0 Å². The second-order valence-corrected chi connectivity index (χ2v) is 4.13. The lowest BCUT2D eigenvalue weighted by atomic mass is 10.1. The largest absolute Gasteiger partial charge is 0.378 e. The van der Waals surface area contributed by atoms with Crippen LogP contribution in [0, 0.1) is 24.7 Å². The summed E-state index contributed by atoms with van der Waals surface area (Å²) in [5.74, 6) is 1.97. The number of Topliss-reactive ketones (excluding diaryl/α,β-unsaturated/α-hetero) is 1. The molecule has 0 unspecified atom stereocenters. The molecule has 0 aromatic heterocycles. The van der Waals surface area contributed by atoms with Crippen LogP contribution >= 0.6 is 0 Å². The number of hydrogen-bond acceptors (Lipinski definition) is 3. The van der Waals surface area contributed by atoms with Gasteiger partial charge >= 0.3 is 0 Å². The van der Waals surface area contributed by atoms with Crippen LogP contribution in [0.25, 0.3) is 0 Å². The van der Waals surface area contributed by atoms with Crippen LogP contribution in [0.15, 0.2) is 18.2 Å². The minimum Gasteiger partial charge on any atom is -0.378 e. The zero-order valence-corrected chi connectivity index (χ0v) is 10.2. The number of ketones is 1. The highest BCUT2D eigenvalue weighted by atomic mass is 19.1. The molecule has 0 amide bonds. The summed E-state index contributed by atoms with van der Waals surface area (Å²) in [6.45, 7) is 4.32. The van der Waals surface area contributed by atoms with Crippen LogP contribution in [0.1, 0.15) is 15.9 Å². The zero-order chi connectivity index (χ0) is 13.0. The number of halogens is 1. The molecule has 2 rings (SSSR count). The van der Waals surface area contributed by atoms with Crippen molar-refractivity contribution in [3.8, 4) is 12.0 Å². The molecule has 0 bridgehead atoms. The van der Waals surface area contributed by atoms with Crippen LogP contribution in [-0.4, -0.2) is 37.0 Å². The first kappa shape index (κ1) is 12.6. The Morgan fingerprint density at radius 2 is 2.11 bits per heavy atom. The second kappa shape index (κ2) is 5.65. The molecule has 1 aliphatic rings. The molecule has 1 fully saturated rings. The van der Waals surface area contributed by atoms with E-state index in [2.05, 4.69) is 12.0 Å². The number of carbonyl (C=O) groups is 1. The Labute approximate surface area is 106 Å². The molecule has 94 valence electrons. The minimum atomic E-state index is -0.312. The van der Waals surface area contributed by atoms with Crippen LogP contribution in [-0.2, 0) is 4.74 Å². The van der Waals surface area contributed by atoms with Crippen molar-refractivity contribution in [3.63, 3.8) is 0 Å². The predicted octanol–water partition coefficient (Wildman–Crippen LogP) is 1.61. The van der Waals surface area contributed by atoms with Gasteiger partial charge in [-0.2, -0.15) is 0 Å². The van der Waals surface area contributed by atoms with Crippen LogP contribution in [0.4, 0.5) is 4.39 Å². The lowest BCUT2D eigenvalue weighted by molar-refractivity contribution is 0.0637. The van der Waals surface area contributed by atoms with E-state index in [1.165, 1.54) is 18.2 Å². The Kier molecular flexibility index (Phi) is 3.96. The maximum absolute atomic E-state index is 13.1. The van der Waals surface area contributed by atoms with E-state index in [4.69, 9.17) is 4.74 Å². The van der Waals surface area contributed by atoms with E-state index >= 15 is 0 Å². The molecule has 18 heavy (non-hydrogen) atoms. The summed E-state index contributed by atoms with van der Waals surface area (Å²) < 4.78 is 18.3. The van der Waals surface area contributed by atoms with Crippen LogP contribution in [0.3, 0.4) is 0 Å². The summed E-state index contributed by atoms with van der Waals surface area (Å²) in [5.41, 5.74) is 0.878. The fourth-order valence-corrected chi connectivity index (χ4v) is 1.66. The van der Waals surface area contributed by atoms with Gasteiger partial charge in [-0.3, -0.25) is 4.79 Å². The quantitative estimate of drug-likeness (QED) is 0.558. The number of rotatable bonds is 1. The van der Waals surface area contributed by atoms with Crippen molar-refractivity contribution in [2.45, 2.75) is 6.92 Å². The predicted molar refractivity (Wildman–Crippen MR) is 65.6 cm³/mol. The number of carbonyl (C=O) groups excluding carboxylic acids is 1. The molecule has 1 heterocycles. The van der Waals surface area contributed by atoms with Crippen molar-refractivity contribution in [2.24, 2.45) is 0 Å². The average Bonchev–Trinajstić information content (AvgIpc) is 2.40. The van der Waals surface area contributed by atoms with Crippen molar-refractivity contribution in [1.29, 1.82) is 0 Å². The molecule has 0 atom stereocenters. The van der Waals surface area contributed by atoms with Crippen molar-refractivity contribution >= 4 is 5.78 Å². The molecule has 4 heteroatoms. The van der Waals surface area contributed by atoms with Gasteiger partial charge < -0.3 is 9.64 Å². The number of nitrogens with zero attached hydrogens (tertiary/aromatic N) is 1. The van der Waals surface area contributed by atoms with Crippen molar-refractivity contribution < 1.29 is 13.9 Å². The van der Waals surface area contributed by atoms with E-state index in [1.54, 1.807) is 6.92 Å². The first-order chi connectivity index (χ1) is 8.66. The summed E-state index contributed by atoms with van der Waals surface area (Å²) in [7, 11) is 0. The number of aryl methyl sites for hydroxylation is 1. The lowest BCUT2D eigenvalue weighted by Crippen LogP contribution is -2.32. The molecular weight excluding hydrogens is 233 g/mol. The van der Waals surface area contributed by atoms with E-state index in [-0.39, 0.29) is 11.6 Å². The van der Waals surface area contributed by atoms with Crippen LogP contribution in [0.2, 0.25) is 0 Å². The number of ether oxygens (including phenoxy) is 1. The molecule has 0 radical (unpaired) electrons. The smallest absolute Gasteiger partial charge is 0.237 e. The van der Waals surface area contributed by atoms with Gasteiger partial charge in [-0.25, -0.2) is 4.39 Å². The summed E-state index contributed by atoms with van der Waals surface area (Å²) in [6, 6.07) is 7.08.